The molecule has 0 spiro atoms. The second-order valence-electron chi connectivity index (χ2n) is 14.7. The molecule has 2 bridgehead atoms. The van der Waals surface area contributed by atoms with E-state index in [1.54, 1.807) is 75.4 Å². The molecular formula is C40H56N8O9. The molecule has 17 nitrogen and oxygen atoms in total. The lowest BCUT2D eigenvalue weighted by atomic mass is 9.96. The fraction of sp³-hybridized carbons (Fsp3) is 0.500. The summed E-state index contributed by atoms with van der Waals surface area (Å²) in [6, 6.07) is 9.45. The maximum Gasteiger partial charge on any atom is 0.243 e. The van der Waals surface area contributed by atoms with Gasteiger partial charge in [-0.1, -0.05) is 88.7 Å². The Hall–Kier alpha value is -5.84. The Morgan fingerprint density at radius 3 is 1.98 bits per heavy atom. The SMILES string of the molecule is CCC(C)[C@H](NC(C)=O)C(=O)N[C@H]1CC(=O)NCc2cccc(c2)CNC(=O)C[C@@H](C(N)=O)NC(=O)[C@H](C(C)C)NC(=O)C[C@H](O)[C@H](Cc2ccccc2)NC1=O. The maximum absolute atomic E-state index is 14.1. The molecule has 0 saturated heterocycles. The van der Waals surface area contributed by atoms with Crippen molar-refractivity contribution in [3.8, 4) is 0 Å². The molecule has 17 heteroatoms. The number of hydrogen-bond donors (Lipinski definition) is 9. The molecule has 0 aliphatic carbocycles. The Balaban J connectivity index is 2.02. The van der Waals surface area contributed by atoms with E-state index >= 15 is 0 Å². The molecule has 8 amide bonds. The number of nitrogens with one attached hydrogen (secondary N) is 7. The van der Waals surface area contributed by atoms with Crippen molar-refractivity contribution >= 4 is 47.3 Å². The second kappa shape index (κ2) is 22.0. The number of primary amides is 1. The summed E-state index contributed by atoms with van der Waals surface area (Å²) in [4.78, 5) is 105. The van der Waals surface area contributed by atoms with Gasteiger partial charge in [-0.3, -0.25) is 38.4 Å². The molecule has 0 radical (unpaired) electrons. The highest BCUT2D eigenvalue weighted by Crippen LogP contribution is 2.14. The maximum atomic E-state index is 14.1. The zero-order valence-electron chi connectivity index (χ0n) is 33.1. The van der Waals surface area contributed by atoms with Crippen molar-refractivity contribution < 1.29 is 43.5 Å². The van der Waals surface area contributed by atoms with Gasteiger partial charge in [0, 0.05) is 20.0 Å². The summed E-state index contributed by atoms with van der Waals surface area (Å²) < 4.78 is 0. The number of nitrogens with two attached hydrogens (primary N) is 1. The first kappa shape index (κ1) is 45.5. The topological polar surface area (TPSA) is 267 Å². The first-order valence-corrected chi connectivity index (χ1v) is 19.1. The Labute approximate surface area is 332 Å². The van der Waals surface area contributed by atoms with E-state index in [0.717, 1.165) is 0 Å². The van der Waals surface area contributed by atoms with Gasteiger partial charge in [0.2, 0.25) is 47.3 Å². The second-order valence-corrected chi connectivity index (χ2v) is 14.7. The van der Waals surface area contributed by atoms with Gasteiger partial charge in [-0.25, -0.2) is 0 Å². The standard InChI is InChI=1S/C40H56N8O9/c1-6-23(4)36(44-24(5)49)40(57)47-30-18-33(52)43-21-27-14-10-13-26(15-27)20-42-32(51)17-29(37(41)54)46-39(56)35(22(2)3)48-34(53)19-31(50)28(45-38(30)55)16-25-11-8-7-9-12-25/h7-15,22-23,28-31,35-36,50H,6,16-21H2,1-5H3,(H2,41,54)(H,42,51)(H,43,52)(H,44,49)(H,45,55)(H,46,56)(H,47,57)(H,48,53)/t23?,28-,29-,30-,31-,35-,36-/m0/s1. The van der Waals surface area contributed by atoms with Gasteiger partial charge in [0.1, 0.15) is 24.2 Å². The molecule has 57 heavy (non-hydrogen) atoms. The molecule has 3 rings (SSSR count). The van der Waals surface area contributed by atoms with Gasteiger partial charge in [0.05, 0.1) is 31.4 Å². The van der Waals surface area contributed by atoms with Gasteiger partial charge in [0.15, 0.2) is 0 Å². The average Bonchev–Trinajstić information content (AvgIpc) is 3.16. The van der Waals surface area contributed by atoms with E-state index in [2.05, 4.69) is 37.2 Å². The molecule has 2 aromatic rings. The lowest BCUT2D eigenvalue weighted by Gasteiger charge is -2.29. The van der Waals surface area contributed by atoms with Gasteiger partial charge in [-0.15, -0.1) is 0 Å². The number of hydrogen-bond acceptors (Lipinski definition) is 9. The number of carbonyl (C=O) groups excluding carboxylic acids is 8. The highest BCUT2D eigenvalue weighted by molar-refractivity contribution is 5.95. The van der Waals surface area contributed by atoms with Crippen molar-refractivity contribution in [3.05, 3.63) is 71.3 Å². The Kier molecular flexibility index (Phi) is 17.6. The van der Waals surface area contributed by atoms with Crippen molar-refractivity contribution in [1.82, 2.24) is 37.2 Å². The summed E-state index contributed by atoms with van der Waals surface area (Å²) in [7, 11) is 0. The molecule has 0 fully saturated rings. The van der Waals surface area contributed by atoms with E-state index in [0.29, 0.717) is 23.1 Å². The summed E-state index contributed by atoms with van der Waals surface area (Å²) >= 11 is 0. The zero-order chi connectivity index (χ0) is 42.2. The molecule has 0 aromatic heterocycles. The predicted molar refractivity (Wildman–Crippen MR) is 209 cm³/mol. The highest BCUT2D eigenvalue weighted by Gasteiger charge is 2.34. The van der Waals surface area contributed by atoms with Crippen LogP contribution in [-0.4, -0.2) is 88.7 Å². The van der Waals surface area contributed by atoms with E-state index in [1.807, 2.05) is 6.92 Å². The lowest BCUT2D eigenvalue weighted by Crippen LogP contribution is -2.59. The molecular weight excluding hydrogens is 736 g/mol. The summed E-state index contributed by atoms with van der Waals surface area (Å²) in [5.41, 5.74) is 7.51. The molecule has 1 aliphatic rings. The smallest absolute Gasteiger partial charge is 0.243 e. The van der Waals surface area contributed by atoms with Crippen LogP contribution in [0.5, 0.6) is 0 Å². The van der Waals surface area contributed by atoms with E-state index in [9.17, 15) is 43.5 Å². The van der Waals surface area contributed by atoms with Gasteiger partial charge >= 0.3 is 0 Å². The van der Waals surface area contributed by atoms with Crippen molar-refractivity contribution in [2.24, 2.45) is 17.6 Å². The molecule has 310 valence electrons. The summed E-state index contributed by atoms with van der Waals surface area (Å²) in [5.74, 6) is -6.57. The van der Waals surface area contributed by atoms with E-state index < -0.39 is 109 Å². The average molecular weight is 793 g/mol. The number of aliphatic hydroxyl groups is 1. The number of aliphatic hydroxyl groups excluding tert-OH is 1. The summed E-state index contributed by atoms with van der Waals surface area (Å²) in [5, 5.41) is 29.9. The van der Waals surface area contributed by atoms with Gasteiger partial charge in [-0.2, -0.15) is 0 Å². The minimum atomic E-state index is -1.54. The minimum absolute atomic E-state index is 0.0154. The van der Waals surface area contributed by atoms with Crippen LogP contribution in [0.3, 0.4) is 0 Å². The third-order valence-electron chi connectivity index (χ3n) is 9.65. The predicted octanol–water partition coefficient (Wildman–Crippen LogP) is -0.662. The van der Waals surface area contributed by atoms with Crippen LogP contribution in [0.1, 0.15) is 77.0 Å². The molecule has 1 unspecified atom stereocenters. The summed E-state index contributed by atoms with van der Waals surface area (Å²) in [6.07, 6.45) is -2.60. The Bertz CT molecular complexity index is 1760. The number of rotatable bonds is 9. The lowest BCUT2D eigenvalue weighted by molar-refractivity contribution is -0.135. The fourth-order valence-corrected chi connectivity index (χ4v) is 6.18. The monoisotopic (exact) mass is 792 g/mol. The third kappa shape index (κ3) is 15.0. The largest absolute Gasteiger partial charge is 0.390 e. The van der Waals surface area contributed by atoms with Crippen LogP contribution in [-0.2, 0) is 57.9 Å². The van der Waals surface area contributed by atoms with E-state index in [-0.39, 0.29) is 25.4 Å². The normalized spacial score (nSPS) is 23.0. The first-order valence-electron chi connectivity index (χ1n) is 19.1. The molecule has 2 aromatic carbocycles. The number of amides is 8. The molecule has 1 aliphatic heterocycles. The van der Waals surface area contributed by atoms with Crippen LogP contribution in [0.25, 0.3) is 0 Å². The number of benzene rings is 2. The van der Waals surface area contributed by atoms with Gasteiger partial charge < -0.3 is 48.1 Å². The van der Waals surface area contributed by atoms with Crippen LogP contribution >= 0.6 is 0 Å². The van der Waals surface area contributed by atoms with E-state index in [1.165, 1.54) is 6.92 Å². The highest BCUT2D eigenvalue weighted by atomic mass is 16.3. The van der Waals surface area contributed by atoms with Crippen LogP contribution in [0.2, 0.25) is 0 Å². The van der Waals surface area contributed by atoms with Crippen molar-refractivity contribution in [2.45, 2.75) is 116 Å². The van der Waals surface area contributed by atoms with E-state index in [4.69, 9.17) is 5.73 Å². The quantitative estimate of drug-likeness (QED) is 0.156. The number of carbonyl (C=O) groups is 8. The fourth-order valence-electron chi connectivity index (χ4n) is 6.18. The molecule has 1 heterocycles. The van der Waals surface area contributed by atoms with Crippen LogP contribution in [0, 0.1) is 11.8 Å². The number of fused-ring (bicyclic) bond motifs is 2. The van der Waals surface area contributed by atoms with Gasteiger partial charge in [-0.05, 0) is 34.9 Å². The van der Waals surface area contributed by atoms with Crippen molar-refractivity contribution in [3.63, 3.8) is 0 Å². The molecule has 0 saturated carbocycles. The van der Waals surface area contributed by atoms with Gasteiger partial charge in [0.25, 0.3) is 0 Å². The van der Waals surface area contributed by atoms with Crippen molar-refractivity contribution in [1.29, 1.82) is 0 Å². The van der Waals surface area contributed by atoms with Crippen LogP contribution < -0.4 is 43.0 Å². The third-order valence-corrected chi connectivity index (χ3v) is 9.65. The van der Waals surface area contributed by atoms with Crippen molar-refractivity contribution in [2.75, 3.05) is 0 Å². The molecule has 7 atom stereocenters. The Morgan fingerprint density at radius 2 is 1.42 bits per heavy atom. The minimum Gasteiger partial charge on any atom is -0.390 e. The molecule has 10 N–H and O–H groups in total. The van der Waals surface area contributed by atoms with Crippen LogP contribution in [0.15, 0.2) is 54.6 Å². The Morgan fingerprint density at radius 1 is 0.807 bits per heavy atom. The first-order chi connectivity index (χ1) is 27.0. The summed E-state index contributed by atoms with van der Waals surface area (Å²) in [6.45, 7) is 8.20. The zero-order valence-corrected chi connectivity index (χ0v) is 33.1. The van der Waals surface area contributed by atoms with Crippen LogP contribution in [0.4, 0.5) is 0 Å².